The van der Waals surface area contributed by atoms with Crippen molar-refractivity contribution >= 4 is 33.0 Å². The number of methoxy groups -OCH3 is 1. The van der Waals surface area contributed by atoms with E-state index in [0.717, 1.165) is 15.6 Å². The van der Waals surface area contributed by atoms with Crippen LogP contribution in [0.4, 0.5) is 5.69 Å². The molecule has 30 heavy (non-hydrogen) atoms. The second kappa shape index (κ2) is 9.00. The smallest absolute Gasteiger partial charge is 0.359 e. The van der Waals surface area contributed by atoms with Gasteiger partial charge in [-0.2, -0.15) is 5.90 Å². The number of hydrogen-bond donors (Lipinski definition) is 1. The molecule has 3 aromatic rings. The Morgan fingerprint density at radius 3 is 2.40 bits per heavy atom. The maximum atomic E-state index is 13.6. The number of ether oxygens (including phenoxy) is 1. The second-order valence-corrected chi connectivity index (χ2v) is 8.79. The quantitative estimate of drug-likeness (QED) is 0.446. The first-order chi connectivity index (χ1) is 14.4. The molecule has 2 aromatic carbocycles. The third-order valence-electron chi connectivity index (χ3n) is 4.29. The average Bonchev–Trinajstić information content (AvgIpc) is 3.21. The summed E-state index contributed by atoms with van der Waals surface area (Å²) in [6, 6.07) is 14.9. The van der Waals surface area contributed by atoms with Crippen molar-refractivity contribution in [3.05, 3.63) is 76.0 Å². The molecule has 0 saturated carbocycles. The monoisotopic (exact) mass is 442 g/mol. The third kappa shape index (κ3) is 4.16. The number of carbonyl (C=O) groups is 1. The number of anilines is 1. The van der Waals surface area contributed by atoms with Crippen LogP contribution in [-0.2, 0) is 21.4 Å². The van der Waals surface area contributed by atoms with Gasteiger partial charge in [0.1, 0.15) is 10.6 Å². The summed E-state index contributed by atoms with van der Waals surface area (Å²) in [6.45, 7) is -0.0501. The number of benzene rings is 2. The summed E-state index contributed by atoms with van der Waals surface area (Å²) in [4.78, 5) is 16.8. The molecule has 7 nitrogen and oxygen atoms in total. The maximum Gasteiger partial charge on any atom is 0.359 e. The summed E-state index contributed by atoms with van der Waals surface area (Å²) < 4.78 is 33.4. The fourth-order valence-corrected chi connectivity index (χ4v) is 5.20. The SMILES string of the molecule is C#Cc1scc(C(=O)ON)c1N(Cc1ccccc1)S(=O)(=O)c1ccc(OC)cc1. The number of nitrogens with zero attached hydrogens (tertiary/aromatic N) is 1. The lowest BCUT2D eigenvalue weighted by molar-refractivity contribution is 0.0505. The zero-order valence-corrected chi connectivity index (χ0v) is 17.6. The summed E-state index contributed by atoms with van der Waals surface area (Å²) in [7, 11) is -2.62. The molecule has 0 aliphatic rings. The van der Waals surface area contributed by atoms with Crippen molar-refractivity contribution in [2.24, 2.45) is 5.90 Å². The Kier molecular flexibility index (Phi) is 6.42. The van der Waals surface area contributed by atoms with E-state index in [0.29, 0.717) is 11.3 Å². The highest BCUT2D eigenvalue weighted by atomic mass is 32.2. The first-order valence-corrected chi connectivity index (χ1v) is 10.9. The van der Waals surface area contributed by atoms with Crippen LogP contribution in [0, 0.1) is 12.3 Å². The van der Waals surface area contributed by atoms with Gasteiger partial charge in [0.2, 0.25) is 0 Å². The minimum atomic E-state index is -4.10. The van der Waals surface area contributed by atoms with E-state index in [4.69, 9.17) is 17.1 Å². The molecule has 0 bridgehead atoms. The van der Waals surface area contributed by atoms with Crippen LogP contribution in [0.3, 0.4) is 0 Å². The largest absolute Gasteiger partial charge is 0.497 e. The van der Waals surface area contributed by atoms with Crippen LogP contribution in [0.1, 0.15) is 20.8 Å². The predicted octanol–water partition coefficient (Wildman–Crippen LogP) is 3.16. The van der Waals surface area contributed by atoms with E-state index in [2.05, 4.69) is 10.8 Å². The third-order valence-corrected chi connectivity index (χ3v) is 6.95. The molecule has 0 spiro atoms. The van der Waals surface area contributed by atoms with Crippen molar-refractivity contribution in [3.63, 3.8) is 0 Å². The van der Waals surface area contributed by atoms with Crippen LogP contribution in [-0.4, -0.2) is 21.5 Å². The van der Waals surface area contributed by atoms with Gasteiger partial charge in [0.25, 0.3) is 10.0 Å². The van der Waals surface area contributed by atoms with Crippen LogP contribution in [0.15, 0.2) is 64.9 Å². The summed E-state index contributed by atoms with van der Waals surface area (Å²) in [5.74, 6) is 7.12. The van der Waals surface area contributed by atoms with Crippen molar-refractivity contribution in [1.29, 1.82) is 0 Å². The number of thiophene rings is 1. The molecular weight excluding hydrogens is 424 g/mol. The van der Waals surface area contributed by atoms with E-state index in [1.54, 1.807) is 36.4 Å². The normalized spacial score (nSPS) is 10.8. The topological polar surface area (TPSA) is 98.9 Å². The highest BCUT2D eigenvalue weighted by Crippen LogP contribution is 2.36. The van der Waals surface area contributed by atoms with E-state index in [1.807, 2.05) is 6.07 Å². The van der Waals surface area contributed by atoms with Gasteiger partial charge >= 0.3 is 5.97 Å². The molecule has 0 aliphatic carbocycles. The number of carbonyl (C=O) groups excluding carboxylic acids is 1. The Balaban J connectivity index is 2.20. The van der Waals surface area contributed by atoms with Gasteiger partial charge in [0.05, 0.1) is 29.8 Å². The summed E-state index contributed by atoms with van der Waals surface area (Å²) in [6.07, 6.45) is 5.60. The van der Waals surface area contributed by atoms with E-state index in [1.165, 1.54) is 24.6 Å². The molecule has 1 heterocycles. The Morgan fingerprint density at radius 1 is 1.17 bits per heavy atom. The Labute approximate surface area is 178 Å². The zero-order chi connectivity index (χ0) is 21.7. The molecule has 3 rings (SSSR count). The summed E-state index contributed by atoms with van der Waals surface area (Å²) in [5, 5.41) is 1.43. The van der Waals surface area contributed by atoms with Gasteiger partial charge in [-0.1, -0.05) is 36.3 Å². The van der Waals surface area contributed by atoms with Crippen molar-refractivity contribution in [1.82, 2.24) is 0 Å². The highest BCUT2D eigenvalue weighted by Gasteiger charge is 2.32. The van der Waals surface area contributed by atoms with Gasteiger partial charge in [0, 0.05) is 5.38 Å². The lowest BCUT2D eigenvalue weighted by atomic mass is 10.2. The standard InChI is InChI=1S/C21H18N2O5S2/c1-3-19-20(18(14-29-19)21(24)28-22)23(13-15-7-5-4-6-8-15)30(25,26)17-11-9-16(27-2)10-12-17/h1,4-12,14H,13,22H2,2H3. The zero-order valence-electron chi connectivity index (χ0n) is 15.9. The van der Waals surface area contributed by atoms with Crippen LogP contribution in [0.2, 0.25) is 0 Å². The highest BCUT2D eigenvalue weighted by molar-refractivity contribution is 7.92. The summed E-state index contributed by atoms with van der Waals surface area (Å²) >= 11 is 1.06. The molecule has 2 N–H and O–H groups in total. The van der Waals surface area contributed by atoms with Gasteiger partial charge in [-0.25, -0.2) is 13.2 Å². The fourth-order valence-electron chi connectivity index (χ4n) is 2.82. The number of hydrogen-bond acceptors (Lipinski definition) is 7. The molecule has 0 fully saturated rings. The first kappa shape index (κ1) is 21.4. The fraction of sp³-hybridized carbons (Fsp3) is 0.0952. The van der Waals surface area contributed by atoms with Gasteiger partial charge in [-0.05, 0) is 29.8 Å². The number of rotatable bonds is 7. The Morgan fingerprint density at radius 2 is 1.83 bits per heavy atom. The van der Waals surface area contributed by atoms with E-state index >= 15 is 0 Å². The van der Waals surface area contributed by atoms with Gasteiger partial charge in [-0.3, -0.25) is 4.31 Å². The van der Waals surface area contributed by atoms with Crippen LogP contribution in [0.5, 0.6) is 5.75 Å². The Bertz CT molecular complexity index is 1180. The molecule has 0 radical (unpaired) electrons. The molecule has 154 valence electrons. The molecule has 0 unspecified atom stereocenters. The van der Waals surface area contributed by atoms with Gasteiger partial charge in [-0.15, -0.1) is 17.8 Å². The van der Waals surface area contributed by atoms with E-state index < -0.39 is 16.0 Å². The number of nitrogens with two attached hydrogens (primary N) is 1. The predicted molar refractivity (Wildman–Crippen MR) is 115 cm³/mol. The molecule has 0 saturated heterocycles. The average molecular weight is 443 g/mol. The first-order valence-electron chi connectivity index (χ1n) is 8.62. The van der Waals surface area contributed by atoms with Crippen molar-refractivity contribution in [3.8, 4) is 18.1 Å². The molecule has 0 aliphatic heterocycles. The lowest BCUT2D eigenvalue weighted by Gasteiger charge is -2.25. The van der Waals surface area contributed by atoms with Crippen LogP contribution < -0.4 is 14.9 Å². The van der Waals surface area contributed by atoms with Crippen molar-refractivity contribution in [2.75, 3.05) is 11.4 Å². The molecule has 0 atom stereocenters. The molecular formula is C21H18N2O5S2. The van der Waals surface area contributed by atoms with E-state index in [9.17, 15) is 13.2 Å². The van der Waals surface area contributed by atoms with Crippen LogP contribution in [0.25, 0.3) is 0 Å². The summed E-state index contributed by atoms with van der Waals surface area (Å²) in [5.41, 5.74) is 0.733. The lowest BCUT2D eigenvalue weighted by Crippen LogP contribution is -2.32. The Hall–Kier alpha value is -3.32. The van der Waals surface area contributed by atoms with Crippen molar-refractivity contribution in [2.45, 2.75) is 11.4 Å². The van der Waals surface area contributed by atoms with Gasteiger partial charge in [0.15, 0.2) is 0 Å². The van der Waals surface area contributed by atoms with Gasteiger partial charge < -0.3 is 9.57 Å². The molecule has 9 heteroatoms. The minimum Gasteiger partial charge on any atom is -0.497 e. The second-order valence-electron chi connectivity index (χ2n) is 6.05. The molecule has 1 aromatic heterocycles. The van der Waals surface area contributed by atoms with Crippen molar-refractivity contribution < 1.29 is 22.8 Å². The van der Waals surface area contributed by atoms with E-state index in [-0.39, 0.29) is 27.6 Å². The van der Waals surface area contributed by atoms with Crippen LogP contribution >= 0.6 is 11.3 Å². The minimum absolute atomic E-state index is 0.0143. The maximum absolute atomic E-state index is 13.6. The number of sulfonamides is 1. The number of terminal acetylenes is 1. The molecule has 0 amide bonds.